The Kier molecular flexibility index (Phi) is 3.02. The zero-order valence-electron chi connectivity index (χ0n) is 10.7. The first-order chi connectivity index (χ1) is 9.34. The number of rotatable bonds is 3. The quantitative estimate of drug-likeness (QED) is 0.557. The molecule has 1 N–H and O–H groups in total. The van der Waals surface area contributed by atoms with Gasteiger partial charge in [-0.1, -0.05) is 36.4 Å². The van der Waals surface area contributed by atoms with E-state index in [1.54, 1.807) is 0 Å². The summed E-state index contributed by atoms with van der Waals surface area (Å²) < 4.78 is 0. The fourth-order valence-electron chi connectivity index (χ4n) is 2.06. The van der Waals surface area contributed by atoms with Crippen molar-refractivity contribution in [1.29, 1.82) is 0 Å². The molecule has 0 amide bonds. The van der Waals surface area contributed by atoms with Gasteiger partial charge in [-0.25, -0.2) is 0 Å². The van der Waals surface area contributed by atoms with E-state index >= 15 is 0 Å². The van der Waals surface area contributed by atoms with Crippen LogP contribution < -0.4 is 5.01 Å². The number of nitrogens with zero attached hydrogens (tertiary/aromatic N) is 2. The van der Waals surface area contributed by atoms with Crippen LogP contribution in [0.2, 0.25) is 0 Å². The number of fused-ring (bicyclic) bond motifs is 1. The highest BCUT2D eigenvalue weighted by Gasteiger charge is 2.00. The smallest absolute Gasteiger partial charge is 0.0590 e. The zero-order chi connectivity index (χ0) is 13.1. The van der Waals surface area contributed by atoms with Gasteiger partial charge in [0, 0.05) is 29.7 Å². The second-order valence-electron chi connectivity index (χ2n) is 4.39. The lowest BCUT2D eigenvalue weighted by molar-refractivity contribution is 1.02. The molecule has 19 heavy (non-hydrogen) atoms. The fraction of sp³-hybridized carbons (Fsp3) is 0.0625. The summed E-state index contributed by atoms with van der Waals surface area (Å²) >= 11 is 0. The third-order valence-corrected chi connectivity index (χ3v) is 3.12. The molecular formula is C16H15N3. The summed E-state index contributed by atoms with van der Waals surface area (Å²) in [5.74, 6) is 0. The van der Waals surface area contributed by atoms with Crippen LogP contribution in [-0.2, 0) is 0 Å². The van der Waals surface area contributed by atoms with Gasteiger partial charge >= 0.3 is 0 Å². The minimum atomic E-state index is 1.07. The van der Waals surface area contributed by atoms with Gasteiger partial charge in [0.2, 0.25) is 0 Å². The maximum atomic E-state index is 4.48. The average Bonchev–Trinajstić information content (AvgIpc) is 2.89. The van der Waals surface area contributed by atoms with Gasteiger partial charge in [0.1, 0.15) is 0 Å². The lowest BCUT2D eigenvalue weighted by Crippen LogP contribution is -2.08. The highest BCUT2D eigenvalue weighted by molar-refractivity contribution is 5.99. The van der Waals surface area contributed by atoms with Gasteiger partial charge in [0.05, 0.1) is 11.9 Å². The highest BCUT2D eigenvalue weighted by atomic mass is 15.4. The Bertz CT molecular complexity index is 698. The maximum absolute atomic E-state index is 4.48. The molecular weight excluding hydrogens is 234 g/mol. The van der Waals surface area contributed by atoms with Gasteiger partial charge < -0.3 is 4.98 Å². The molecule has 0 unspecified atom stereocenters. The number of nitrogens with one attached hydrogen (secondary N) is 1. The van der Waals surface area contributed by atoms with Crippen molar-refractivity contribution in [1.82, 2.24) is 4.98 Å². The molecule has 0 atom stereocenters. The molecule has 0 saturated heterocycles. The predicted molar refractivity (Wildman–Crippen MR) is 80.7 cm³/mol. The molecule has 0 fully saturated rings. The molecule has 3 nitrogen and oxygen atoms in total. The van der Waals surface area contributed by atoms with Crippen molar-refractivity contribution in [3.05, 3.63) is 66.4 Å². The van der Waals surface area contributed by atoms with Crippen molar-refractivity contribution in [2.75, 3.05) is 12.1 Å². The summed E-state index contributed by atoms with van der Waals surface area (Å²) in [5, 5.41) is 7.53. The first kappa shape index (κ1) is 11.5. The standard InChI is InChI=1S/C16H15N3/c1-19(14-7-3-2-4-8-14)18-12-13-11-17-16-10-6-5-9-15(13)16/h2-12,17H,1H3/b18-12-. The molecule has 3 rings (SSSR count). The van der Waals surface area contributed by atoms with Gasteiger partial charge in [0.15, 0.2) is 0 Å². The van der Waals surface area contributed by atoms with E-state index in [1.165, 1.54) is 5.39 Å². The molecule has 0 saturated carbocycles. The number of hydrogen-bond donors (Lipinski definition) is 1. The van der Waals surface area contributed by atoms with Crippen molar-refractivity contribution in [2.24, 2.45) is 5.10 Å². The Morgan fingerprint density at radius 1 is 1.00 bits per heavy atom. The number of aromatic nitrogens is 1. The summed E-state index contributed by atoms with van der Waals surface area (Å²) in [7, 11) is 1.95. The van der Waals surface area contributed by atoms with Gasteiger partial charge in [-0.3, -0.25) is 5.01 Å². The van der Waals surface area contributed by atoms with Crippen LogP contribution in [-0.4, -0.2) is 18.2 Å². The molecule has 2 aromatic carbocycles. The van der Waals surface area contributed by atoms with E-state index in [4.69, 9.17) is 0 Å². The van der Waals surface area contributed by atoms with Crippen molar-refractivity contribution in [3.63, 3.8) is 0 Å². The second kappa shape index (κ2) is 4.98. The van der Waals surface area contributed by atoms with Crippen molar-refractivity contribution < 1.29 is 0 Å². The van der Waals surface area contributed by atoms with Crippen LogP contribution in [0.3, 0.4) is 0 Å². The molecule has 3 aromatic rings. The minimum absolute atomic E-state index is 1.07. The Morgan fingerprint density at radius 2 is 1.74 bits per heavy atom. The van der Waals surface area contributed by atoms with Gasteiger partial charge in [0.25, 0.3) is 0 Å². The fourth-order valence-corrected chi connectivity index (χ4v) is 2.06. The van der Waals surface area contributed by atoms with Gasteiger partial charge in [-0.2, -0.15) is 5.10 Å². The molecule has 0 bridgehead atoms. The topological polar surface area (TPSA) is 31.4 Å². The minimum Gasteiger partial charge on any atom is -0.361 e. The average molecular weight is 249 g/mol. The third-order valence-electron chi connectivity index (χ3n) is 3.12. The van der Waals surface area contributed by atoms with Crippen LogP contribution in [0.5, 0.6) is 0 Å². The van der Waals surface area contributed by atoms with E-state index in [0.29, 0.717) is 0 Å². The molecule has 1 heterocycles. The Balaban J connectivity index is 1.87. The summed E-state index contributed by atoms with van der Waals surface area (Å²) in [6, 6.07) is 18.3. The van der Waals surface area contributed by atoms with Crippen LogP contribution in [0, 0.1) is 0 Å². The summed E-state index contributed by atoms with van der Waals surface area (Å²) in [6.07, 6.45) is 3.86. The number of benzene rings is 2. The van der Waals surface area contributed by atoms with Crippen LogP contribution in [0.15, 0.2) is 65.9 Å². The van der Waals surface area contributed by atoms with E-state index < -0.39 is 0 Å². The Hall–Kier alpha value is -2.55. The van der Waals surface area contributed by atoms with Crippen LogP contribution in [0.4, 0.5) is 5.69 Å². The zero-order valence-corrected chi connectivity index (χ0v) is 10.7. The molecule has 0 aliphatic heterocycles. The normalized spacial score (nSPS) is 11.2. The first-order valence-corrected chi connectivity index (χ1v) is 6.23. The summed E-state index contributed by atoms with van der Waals surface area (Å²) in [6.45, 7) is 0. The van der Waals surface area contributed by atoms with E-state index in [9.17, 15) is 0 Å². The molecule has 0 aliphatic rings. The Morgan fingerprint density at radius 3 is 2.58 bits per heavy atom. The number of anilines is 1. The maximum Gasteiger partial charge on any atom is 0.0590 e. The van der Waals surface area contributed by atoms with E-state index in [-0.39, 0.29) is 0 Å². The monoisotopic (exact) mass is 249 g/mol. The number of hydrogen-bond acceptors (Lipinski definition) is 2. The first-order valence-electron chi connectivity index (χ1n) is 6.23. The van der Waals surface area contributed by atoms with Gasteiger partial charge in [-0.05, 0) is 18.2 Å². The van der Waals surface area contributed by atoms with Crippen LogP contribution in [0.25, 0.3) is 10.9 Å². The molecule has 3 heteroatoms. The number of aromatic amines is 1. The third kappa shape index (κ3) is 2.36. The van der Waals surface area contributed by atoms with E-state index in [1.807, 2.05) is 66.9 Å². The molecule has 0 radical (unpaired) electrons. The SMILES string of the molecule is CN(/N=C\c1c[nH]c2ccccc12)c1ccccc1. The number of H-pyrrole nitrogens is 1. The largest absolute Gasteiger partial charge is 0.361 e. The van der Waals surface area contributed by atoms with Crippen LogP contribution in [0.1, 0.15) is 5.56 Å². The molecule has 94 valence electrons. The highest BCUT2D eigenvalue weighted by Crippen LogP contribution is 2.16. The van der Waals surface area contributed by atoms with Gasteiger partial charge in [-0.15, -0.1) is 0 Å². The molecule has 0 spiro atoms. The number of para-hydroxylation sites is 2. The van der Waals surface area contributed by atoms with E-state index in [0.717, 1.165) is 16.8 Å². The summed E-state index contributed by atoms with van der Waals surface area (Å²) in [5.41, 5.74) is 3.29. The summed E-state index contributed by atoms with van der Waals surface area (Å²) in [4.78, 5) is 3.24. The van der Waals surface area contributed by atoms with Crippen LogP contribution >= 0.6 is 0 Å². The van der Waals surface area contributed by atoms with Crippen molar-refractivity contribution >= 4 is 22.8 Å². The van der Waals surface area contributed by atoms with Crippen molar-refractivity contribution in [2.45, 2.75) is 0 Å². The number of hydrazone groups is 1. The predicted octanol–water partition coefficient (Wildman–Crippen LogP) is 3.64. The Labute approximate surface area is 112 Å². The van der Waals surface area contributed by atoms with Crippen molar-refractivity contribution in [3.8, 4) is 0 Å². The molecule has 0 aliphatic carbocycles. The lowest BCUT2D eigenvalue weighted by Gasteiger charge is -2.11. The second-order valence-corrected chi connectivity index (χ2v) is 4.39. The van der Waals surface area contributed by atoms with E-state index in [2.05, 4.69) is 22.2 Å². The molecule has 1 aromatic heterocycles. The lowest BCUT2D eigenvalue weighted by atomic mass is 10.2.